The Kier molecular flexibility index (Phi) is 3.34. The lowest BCUT2D eigenvalue weighted by Gasteiger charge is -2.24. The molecule has 1 heterocycles. The second-order valence-electron chi connectivity index (χ2n) is 3.77. The standard InChI is InChI=1S/C9H14BrN3O/c1-9(2,5-14)13-8-7(10)3-6(11)4-12-8/h3-4,14H,5,11H2,1-2H3,(H,12,13). The van der Waals surface area contributed by atoms with Crippen molar-refractivity contribution in [1.82, 2.24) is 4.98 Å². The van der Waals surface area contributed by atoms with Gasteiger partial charge in [-0.3, -0.25) is 0 Å². The Bertz CT molecular complexity index is 328. The van der Waals surface area contributed by atoms with Gasteiger partial charge in [-0.05, 0) is 35.8 Å². The van der Waals surface area contributed by atoms with Crippen molar-refractivity contribution in [2.75, 3.05) is 17.7 Å². The fourth-order valence-corrected chi connectivity index (χ4v) is 1.37. The van der Waals surface area contributed by atoms with Crippen LogP contribution in [0.4, 0.5) is 11.5 Å². The van der Waals surface area contributed by atoms with E-state index in [9.17, 15) is 0 Å². The molecule has 0 aliphatic carbocycles. The maximum absolute atomic E-state index is 9.07. The highest BCUT2D eigenvalue weighted by Gasteiger charge is 2.17. The molecule has 1 aromatic rings. The minimum absolute atomic E-state index is 0.0332. The number of pyridine rings is 1. The van der Waals surface area contributed by atoms with Gasteiger partial charge >= 0.3 is 0 Å². The number of aliphatic hydroxyl groups excluding tert-OH is 1. The average molecular weight is 260 g/mol. The van der Waals surface area contributed by atoms with Crippen molar-refractivity contribution in [2.24, 2.45) is 0 Å². The van der Waals surface area contributed by atoms with E-state index in [2.05, 4.69) is 26.2 Å². The number of hydrogen-bond donors (Lipinski definition) is 3. The molecule has 0 aliphatic heterocycles. The Labute approximate surface area is 91.7 Å². The van der Waals surface area contributed by atoms with Crippen LogP contribution in [0, 0.1) is 0 Å². The molecular weight excluding hydrogens is 246 g/mol. The highest BCUT2D eigenvalue weighted by molar-refractivity contribution is 9.10. The predicted molar refractivity (Wildman–Crippen MR) is 61.1 cm³/mol. The van der Waals surface area contributed by atoms with Crippen LogP contribution in [0.1, 0.15) is 13.8 Å². The van der Waals surface area contributed by atoms with Crippen LogP contribution in [0.15, 0.2) is 16.7 Å². The molecule has 0 atom stereocenters. The maximum atomic E-state index is 9.07. The molecule has 0 aliphatic rings. The van der Waals surface area contributed by atoms with E-state index in [4.69, 9.17) is 10.8 Å². The molecule has 0 saturated heterocycles. The minimum atomic E-state index is -0.397. The number of halogens is 1. The molecule has 1 rings (SSSR count). The van der Waals surface area contributed by atoms with E-state index in [-0.39, 0.29) is 6.61 Å². The van der Waals surface area contributed by atoms with Crippen molar-refractivity contribution >= 4 is 27.4 Å². The first-order valence-electron chi connectivity index (χ1n) is 4.25. The first-order valence-corrected chi connectivity index (χ1v) is 5.04. The Morgan fingerprint density at radius 3 is 2.79 bits per heavy atom. The Morgan fingerprint density at radius 1 is 1.64 bits per heavy atom. The van der Waals surface area contributed by atoms with E-state index < -0.39 is 5.54 Å². The number of aliphatic hydroxyl groups is 1. The quantitative estimate of drug-likeness (QED) is 0.772. The van der Waals surface area contributed by atoms with E-state index in [1.54, 1.807) is 12.3 Å². The molecule has 0 bridgehead atoms. The zero-order valence-corrected chi connectivity index (χ0v) is 9.80. The first-order chi connectivity index (χ1) is 6.44. The lowest BCUT2D eigenvalue weighted by atomic mass is 10.1. The molecule has 1 aromatic heterocycles. The van der Waals surface area contributed by atoms with Gasteiger partial charge in [-0.2, -0.15) is 0 Å². The van der Waals surface area contributed by atoms with Crippen LogP contribution in [-0.2, 0) is 0 Å². The maximum Gasteiger partial charge on any atom is 0.140 e. The molecule has 0 amide bonds. The lowest BCUT2D eigenvalue weighted by Crippen LogP contribution is -2.35. The summed E-state index contributed by atoms with van der Waals surface area (Å²) in [4.78, 5) is 4.12. The Hall–Kier alpha value is -0.810. The van der Waals surface area contributed by atoms with Gasteiger partial charge in [0.1, 0.15) is 5.82 Å². The van der Waals surface area contributed by atoms with Crippen LogP contribution in [0.2, 0.25) is 0 Å². The summed E-state index contributed by atoms with van der Waals surface area (Å²) in [6.07, 6.45) is 1.57. The van der Waals surface area contributed by atoms with Gasteiger partial charge in [-0.15, -0.1) is 0 Å². The highest BCUT2D eigenvalue weighted by Crippen LogP contribution is 2.24. The van der Waals surface area contributed by atoms with Crippen molar-refractivity contribution in [3.8, 4) is 0 Å². The van der Waals surface area contributed by atoms with E-state index in [1.807, 2.05) is 13.8 Å². The van der Waals surface area contributed by atoms with Crippen LogP contribution >= 0.6 is 15.9 Å². The zero-order chi connectivity index (χ0) is 10.8. The van der Waals surface area contributed by atoms with Gasteiger partial charge in [0.05, 0.1) is 28.5 Å². The molecule has 0 radical (unpaired) electrons. The van der Waals surface area contributed by atoms with Gasteiger partial charge in [0, 0.05) is 0 Å². The summed E-state index contributed by atoms with van der Waals surface area (Å²) < 4.78 is 0.791. The largest absolute Gasteiger partial charge is 0.397 e. The normalized spacial score (nSPS) is 11.4. The monoisotopic (exact) mass is 259 g/mol. The van der Waals surface area contributed by atoms with Crippen molar-refractivity contribution in [3.05, 3.63) is 16.7 Å². The number of anilines is 2. The SMILES string of the molecule is CC(C)(CO)Nc1ncc(N)cc1Br. The molecule has 0 saturated carbocycles. The van der Waals surface area contributed by atoms with E-state index >= 15 is 0 Å². The Balaban J connectivity index is 2.87. The average Bonchev–Trinajstić information content (AvgIpc) is 2.10. The van der Waals surface area contributed by atoms with Crippen molar-refractivity contribution in [3.63, 3.8) is 0 Å². The van der Waals surface area contributed by atoms with Gasteiger partial charge in [-0.25, -0.2) is 4.98 Å². The topological polar surface area (TPSA) is 71.2 Å². The third-order valence-electron chi connectivity index (χ3n) is 1.71. The van der Waals surface area contributed by atoms with Crippen LogP contribution in [-0.4, -0.2) is 22.2 Å². The number of nitrogens with one attached hydrogen (secondary N) is 1. The van der Waals surface area contributed by atoms with E-state index in [0.29, 0.717) is 11.5 Å². The number of hydrogen-bond acceptors (Lipinski definition) is 4. The summed E-state index contributed by atoms with van der Waals surface area (Å²) in [5.74, 6) is 0.679. The summed E-state index contributed by atoms with van der Waals surface area (Å²) in [6.45, 7) is 3.81. The lowest BCUT2D eigenvalue weighted by molar-refractivity contribution is 0.234. The number of nitrogens with zero attached hydrogens (tertiary/aromatic N) is 1. The van der Waals surface area contributed by atoms with Crippen molar-refractivity contribution in [1.29, 1.82) is 0 Å². The highest BCUT2D eigenvalue weighted by atomic mass is 79.9. The van der Waals surface area contributed by atoms with Gasteiger partial charge in [0.15, 0.2) is 0 Å². The summed E-state index contributed by atoms with van der Waals surface area (Å²) in [5.41, 5.74) is 5.76. The Morgan fingerprint density at radius 2 is 2.29 bits per heavy atom. The number of rotatable bonds is 3. The third-order valence-corrected chi connectivity index (χ3v) is 2.32. The molecule has 78 valence electrons. The molecule has 14 heavy (non-hydrogen) atoms. The summed E-state index contributed by atoms with van der Waals surface area (Å²) in [5, 5.41) is 12.2. The van der Waals surface area contributed by atoms with Gasteiger partial charge in [0.2, 0.25) is 0 Å². The second kappa shape index (κ2) is 4.14. The van der Waals surface area contributed by atoms with Crippen LogP contribution in [0.3, 0.4) is 0 Å². The molecule has 0 spiro atoms. The zero-order valence-electron chi connectivity index (χ0n) is 8.21. The fourth-order valence-electron chi connectivity index (χ4n) is 0.905. The van der Waals surface area contributed by atoms with Crippen LogP contribution < -0.4 is 11.1 Å². The van der Waals surface area contributed by atoms with Gasteiger partial charge < -0.3 is 16.2 Å². The summed E-state index contributed by atoms with van der Waals surface area (Å²) in [7, 11) is 0. The molecular formula is C9H14BrN3O. The molecule has 0 aromatic carbocycles. The number of nitrogens with two attached hydrogens (primary N) is 1. The minimum Gasteiger partial charge on any atom is -0.397 e. The molecule has 5 heteroatoms. The molecule has 0 unspecified atom stereocenters. The number of nitrogen functional groups attached to an aromatic ring is 1. The van der Waals surface area contributed by atoms with Gasteiger partial charge in [0.25, 0.3) is 0 Å². The van der Waals surface area contributed by atoms with E-state index in [1.165, 1.54) is 0 Å². The van der Waals surface area contributed by atoms with E-state index in [0.717, 1.165) is 4.47 Å². The van der Waals surface area contributed by atoms with Crippen molar-refractivity contribution in [2.45, 2.75) is 19.4 Å². The molecule has 0 fully saturated rings. The summed E-state index contributed by atoms with van der Waals surface area (Å²) >= 11 is 3.34. The second-order valence-corrected chi connectivity index (χ2v) is 4.62. The smallest absolute Gasteiger partial charge is 0.140 e. The first kappa shape index (κ1) is 11.3. The predicted octanol–water partition coefficient (Wildman–Crippen LogP) is 1.61. The fraction of sp³-hybridized carbons (Fsp3) is 0.444. The van der Waals surface area contributed by atoms with Gasteiger partial charge in [-0.1, -0.05) is 0 Å². The molecule has 4 nitrogen and oxygen atoms in total. The molecule has 4 N–H and O–H groups in total. The van der Waals surface area contributed by atoms with Crippen LogP contribution in [0.5, 0.6) is 0 Å². The third kappa shape index (κ3) is 2.85. The van der Waals surface area contributed by atoms with Crippen molar-refractivity contribution < 1.29 is 5.11 Å². The number of aromatic nitrogens is 1. The van der Waals surface area contributed by atoms with Crippen LogP contribution in [0.25, 0.3) is 0 Å². The summed E-state index contributed by atoms with van der Waals surface area (Å²) in [6, 6.07) is 1.77.